The molecule has 0 N–H and O–H groups in total. The minimum absolute atomic E-state index is 0.254. The van der Waals surface area contributed by atoms with E-state index in [0.717, 1.165) is 24.3 Å². The summed E-state index contributed by atoms with van der Waals surface area (Å²) in [7, 11) is 0. The van der Waals surface area contributed by atoms with Gasteiger partial charge in [0.1, 0.15) is 46.5 Å². The maximum Gasteiger partial charge on any atom is 0.126 e. The Hall–Kier alpha value is -3.84. The molecule has 0 aliphatic carbocycles. The zero-order valence-corrected chi connectivity index (χ0v) is 27.6. The van der Waals surface area contributed by atoms with Crippen LogP contribution in [0.4, 0.5) is 35.1 Å². The van der Waals surface area contributed by atoms with Crippen LogP contribution < -0.4 is 0 Å². The molecule has 1 heterocycles. The van der Waals surface area contributed by atoms with Crippen LogP contribution in [0.2, 0.25) is 0 Å². The minimum atomic E-state index is -0.684. The highest BCUT2D eigenvalue weighted by Crippen LogP contribution is 2.17. The second-order valence-electron chi connectivity index (χ2n) is 12.9. The Kier molecular flexibility index (Phi) is 13.4. The van der Waals surface area contributed by atoms with E-state index in [4.69, 9.17) is 0 Å². The Balaban J connectivity index is 1.39. The average Bonchev–Trinajstić information content (AvgIpc) is 2.99. The number of benzene rings is 4. The van der Waals surface area contributed by atoms with Crippen LogP contribution in [0.15, 0.2) is 72.8 Å². The summed E-state index contributed by atoms with van der Waals surface area (Å²) >= 11 is 0. The lowest BCUT2D eigenvalue weighted by atomic mass is 10.1. The Labute approximate surface area is 287 Å². The fourth-order valence-electron chi connectivity index (χ4n) is 6.52. The fourth-order valence-corrected chi connectivity index (χ4v) is 6.52. The third-order valence-corrected chi connectivity index (χ3v) is 8.68. The molecule has 50 heavy (non-hydrogen) atoms. The van der Waals surface area contributed by atoms with E-state index in [-0.39, 0.29) is 26.2 Å². The van der Waals surface area contributed by atoms with Crippen LogP contribution >= 0.6 is 0 Å². The van der Waals surface area contributed by atoms with Gasteiger partial charge in [0.25, 0.3) is 0 Å². The quantitative estimate of drug-likeness (QED) is 0.173. The SMILES string of the molecule is Fc1cc(F)cc(CN2CCCN(Cc3cc(F)cc(F)c3)CCN(Cc3cc(F)cc(F)c3)CCCN(Cc3cc(F)cc(F)c3)CC2)c1. The van der Waals surface area contributed by atoms with Gasteiger partial charge in [-0.2, -0.15) is 0 Å². The zero-order valence-electron chi connectivity index (χ0n) is 27.6. The van der Waals surface area contributed by atoms with Crippen molar-refractivity contribution in [1.29, 1.82) is 0 Å². The summed E-state index contributed by atoms with van der Waals surface area (Å²) in [5.41, 5.74) is 1.83. The van der Waals surface area contributed by atoms with E-state index in [1.165, 1.54) is 48.5 Å². The molecule has 0 saturated carbocycles. The molecule has 0 spiro atoms. The van der Waals surface area contributed by atoms with Crippen LogP contribution in [0.3, 0.4) is 0 Å². The largest absolute Gasteiger partial charge is 0.298 e. The van der Waals surface area contributed by atoms with Crippen LogP contribution in [0, 0.1) is 46.5 Å². The number of hydrogen-bond acceptors (Lipinski definition) is 4. The Morgan fingerprint density at radius 2 is 0.460 bits per heavy atom. The molecule has 1 aliphatic heterocycles. The Morgan fingerprint density at radius 1 is 0.280 bits per heavy atom. The van der Waals surface area contributed by atoms with Crippen LogP contribution in [0.25, 0.3) is 0 Å². The van der Waals surface area contributed by atoms with Crippen LogP contribution in [0.1, 0.15) is 35.1 Å². The van der Waals surface area contributed by atoms with Crippen molar-refractivity contribution in [2.45, 2.75) is 39.0 Å². The number of halogens is 8. The second-order valence-corrected chi connectivity index (χ2v) is 12.9. The van der Waals surface area contributed by atoms with E-state index in [1.807, 2.05) is 0 Å². The summed E-state index contributed by atoms with van der Waals surface area (Å²) in [5.74, 6) is -5.47. The van der Waals surface area contributed by atoms with Crippen molar-refractivity contribution in [2.24, 2.45) is 0 Å². The summed E-state index contributed by atoms with van der Waals surface area (Å²) in [6.45, 7) is 4.95. The molecule has 4 aromatic carbocycles. The van der Waals surface area contributed by atoms with Crippen molar-refractivity contribution in [3.63, 3.8) is 0 Å². The van der Waals surface area contributed by atoms with Gasteiger partial charge in [-0.3, -0.25) is 19.6 Å². The fraction of sp³-hybridized carbons (Fsp3) is 0.368. The first-order chi connectivity index (χ1) is 23.9. The van der Waals surface area contributed by atoms with Crippen molar-refractivity contribution in [1.82, 2.24) is 19.6 Å². The van der Waals surface area contributed by atoms with Crippen molar-refractivity contribution in [3.8, 4) is 0 Å². The van der Waals surface area contributed by atoms with Crippen molar-refractivity contribution < 1.29 is 35.1 Å². The summed E-state index contributed by atoms with van der Waals surface area (Å²) in [5, 5.41) is 0. The molecule has 5 rings (SSSR count). The lowest BCUT2D eigenvalue weighted by Crippen LogP contribution is -2.40. The third-order valence-electron chi connectivity index (χ3n) is 8.68. The van der Waals surface area contributed by atoms with Gasteiger partial charge in [-0.1, -0.05) is 0 Å². The van der Waals surface area contributed by atoms with E-state index >= 15 is 0 Å². The smallest absolute Gasteiger partial charge is 0.126 e. The lowest BCUT2D eigenvalue weighted by Gasteiger charge is -2.32. The Morgan fingerprint density at radius 3 is 0.640 bits per heavy atom. The van der Waals surface area contributed by atoms with Gasteiger partial charge in [-0.25, -0.2) is 35.1 Å². The van der Waals surface area contributed by atoms with Crippen molar-refractivity contribution in [3.05, 3.63) is 142 Å². The minimum Gasteiger partial charge on any atom is -0.298 e. The van der Waals surface area contributed by atoms with E-state index in [0.29, 0.717) is 87.5 Å². The molecule has 0 aromatic heterocycles. The normalized spacial score (nSPS) is 16.8. The second kappa shape index (κ2) is 17.9. The van der Waals surface area contributed by atoms with E-state index in [2.05, 4.69) is 19.6 Å². The molecule has 268 valence electrons. The molecule has 4 nitrogen and oxygen atoms in total. The molecule has 0 unspecified atom stereocenters. The zero-order chi connectivity index (χ0) is 35.6. The standard InChI is InChI=1S/C38H40F8N4/c39-31-11-27(12-32(40)19-31)23-47-3-1-4-48(24-28-13-33(41)20-34(42)14-28)8-10-50(26-30-17-37(45)22-38(46)18-30)6-2-5-49(9-7-47)25-29-15-35(43)21-36(44)16-29/h11-22H,1-10,23-26H2. The predicted molar refractivity (Wildman–Crippen MR) is 176 cm³/mol. The number of rotatable bonds is 8. The molecule has 1 aliphatic rings. The average molecular weight is 705 g/mol. The van der Waals surface area contributed by atoms with E-state index in [1.54, 1.807) is 0 Å². The molecule has 1 fully saturated rings. The lowest BCUT2D eigenvalue weighted by molar-refractivity contribution is 0.148. The summed E-state index contributed by atoms with van der Waals surface area (Å²) in [6.07, 6.45) is 1.19. The summed E-state index contributed by atoms with van der Waals surface area (Å²) < 4.78 is 113. The highest BCUT2D eigenvalue weighted by Gasteiger charge is 2.18. The highest BCUT2D eigenvalue weighted by atomic mass is 19.2. The molecular formula is C38H40F8N4. The first-order valence-electron chi connectivity index (χ1n) is 16.6. The van der Waals surface area contributed by atoms with Crippen LogP contribution in [-0.2, 0) is 26.2 Å². The summed E-state index contributed by atoms with van der Waals surface area (Å²) in [4.78, 5) is 8.24. The van der Waals surface area contributed by atoms with Gasteiger partial charge in [0.05, 0.1) is 0 Å². The Bertz CT molecular complexity index is 1390. The monoisotopic (exact) mass is 704 g/mol. The van der Waals surface area contributed by atoms with Crippen LogP contribution in [0.5, 0.6) is 0 Å². The van der Waals surface area contributed by atoms with Gasteiger partial charge >= 0.3 is 0 Å². The first-order valence-corrected chi connectivity index (χ1v) is 16.6. The van der Waals surface area contributed by atoms with Gasteiger partial charge in [0.2, 0.25) is 0 Å². The molecule has 1 saturated heterocycles. The van der Waals surface area contributed by atoms with Gasteiger partial charge in [-0.15, -0.1) is 0 Å². The molecule has 0 bridgehead atoms. The molecule has 0 atom stereocenters. The molecule has 0 amide bonds. The molecule has 0 radical (unpaired) electrons. The maximum absolute atomic E-state index is 14.1. The van der Waals surface area contributed by atoms with Gasteiger partial charge in [0.15, 0.2) is 0 Å². The predicted octanol–water partition coefficient (Wildman–Crippen LogP) is 7.90. The molecule has 12 heteroatoms. The van der Waals surface area contributed by atoms with E-state index < -0.39 is 46.5 Å². The number of hydrogen-bond donors (Lipinski definition) is 0. The number of nitrogens with zero attached hydrogens (tertiary/aromatic N) is 4. The molecule has 4 aromatic rings. The van der Waals surface area contributed by atoms with Crippen molar-refractivity contribution in [2.75, 3.05) is 52.4 Å². The third kappa shape index (κ3) is 12.2. The highest BCUT2D eigenvalue weighted by molar-refractivity contribution is 5.20. The van der Waals surface area contributed by atoms with Gasteiger partial charge < -0.3 is 0 Å². The van der Waals surface area contributed by atoms with Gasteiger partial charge in [0, 0.05) is 76.6 Å². The van der Waals surface area contributed by atoms with Crippen molar-refractivity contribution >= 4 is 0 Å². The molecular weight excluding hydrogens is 664 g/mol. The summed E-state index contributed by atoms with van der Waals surface area (Å²) in [6, 6.07) is 13.5. The van der Waals surface area contributed by atoms with Gasteiger partial charge in [-0.05, 0) is 110 Å². The van der Waals surface area contributed by atoms with E-state index in [9.17, 15) is 35.1 Å². The maximum atomic E-state index is 14.1. The first kappa shape index (κ1) is 37.4. The topological polar surface area (TPSA) is 13.0 Å². The van der Waals surface area contributed by atoms with Crippen LogP contribution in [-0.4, -0.2) is 72.0 Å².